The quantitative estimate of drug-likeness (QED) is 0.680. The summed E-state index contributed by atoms with van der Waals surface area (Å²) >= 11 is 0. The lowest BCUT2D eigenvalue weighted by molar-refractivity contribution is 0.0928. The van der Waals surface area contributed by atoms with Crippen molar-refractivity contribution in [2.75, 3.05) is 7.11 Å². The van der Waals surface area contributed by atoms with E-state index in [-0.39, 0.29) is 24.1 Å². The van der Waals surface area contributed by atoms with Gasteiger partial charge in [0, 0.05) is 11.6 Å². The number of fused-ring (bicyclic) bond motifs is 1. The fourth-order valence-electron chi connectivity index (χ4n) is 3.97. The average molecular weight is 407 g/mol. The number of nitrogens with zero attached hydrogens (tertiary/aromatic N) is 1. The SMILES string of the molecule is COc1ccc(Cn2c(=O)[nH]c3cc(C(=O)NC4CCCCC4)ccc3c2=O)cc1. The Morgan fingerprint density at radius 2 is 1.83 bits per heavy atom. The summed E-state index contributed by atoms with van der Waals surface area (Å²) in [6, 6.07) is 12.2. The van der Waals surface area contributed by atoms with Gasteiger partial charge in [-0.05, 0) is 48.7 Å². The zero-order valence-corrected chi connectivity index (χ0v) is 16.9. The molecule has 0 atom stereocenters. The molecule has 0 unspecified atom stereocenters. The molecule has 0 radical (unpaired) electrons. The molecule has 7 nitrogen and oxygen atoms in total. The lowest BCUT2D eigenvalue weighted by Crippen LogP contribution is -2.37. The first-order valence-electron chi connectivity index (χ1n) is 10.3. The van der Waals surface area contributed by atoms with Gasteiger partial charge in [-0.25, -0.2) is 4.79 Å². The number of hydrogen-bond donors (Lipinski definition) is 2. The van der Waals surface area contributed by atoms with Crippen LogP contribution in [-0.4, -0.2) is 28.6 Å². The lowest BCUT2D eigenvalue weighted by atomic mass is 9.95. The van der Waals surface area contributed by atoms with Crippen molar-refractivity contribution in [2.24, 2.45) is 0 Å². The van der Waals surface area contributed by atoms with Gasteiger partial charge in [-0.3, -0.25) is 14.2 Å². The van der Waals surface area contributed by atoms with Crippen LogP contribution >= 0.6 is 0 Å². The Hall–Kier alpha value is -3.35. The van der Waals surface area contributed by atoms with Gasteiger partial charge in [-0.1, -0.05) is 31.4 Å². The first kappa shape index (κ1) is 19.9. The summed E-state index contributed by atoms with van der Waals surface area (Å²) in [6.45, 7) is 0.151. The van der Waals surface area contributed by atoms with E-state index in [0.717, 1.165) is 35.8 Å². The van der Waals surface area contributed by atoms with Crippen LogP contribution in [0.15, 0.2) is 52.1 Å². The molecule has 30 heavy (non-hydrogen) atoms. The Kier molecular flexibility index (Phi) is 5.70. The van der Waals surface area contributed by atoms with Crippen LogP contribution in [0.4, 0.5) is 0 Å². The maximum absolute atomic E-state index is 12.9. The third-order valence-corrected chi connectivity index (χ3v) is 5.68. The summed E-state index contributed by atoms with van der Waals surface area (Å²) in [6.07, 6.45) is 5.46. The Morgan fingerprint density at radius 1 is 1.10 bits per heavy atom. The van der Waals surface area contributed by atoms with Gasteiger partial charge < -0.3 is 15.0 Å². The number of carbonyl (C=O) groups is 1. The van der Waals surface area contributed by atoms with E-state index in [1.807, 2.05) is 12.1 Å². The highest BCUT2D eigenvalue weighted by Crippen LogP contribution is 2.18. The molecule has 0 saturated heterocycles. The molecule has 4 rings (SSSR count). The standard InChI is InChI=1S/C23H25N3O4/c1-30-18-10-7-15(8-11-18)14-26-22(28)19-12-9-16(13-20(19)25-23(26)29)21(27)24-17-5-3-2-4-6-17/h7-13,17H,2-6,14H2,1H3,(H,24,27)(H,25,29). The summed E-state index contributed by atoms with van der Waals surface area (Å²) in [5.74, 6) is 0.532. The highest BCUT2D eigenvalue weighted by Gasteiger charge is 2.17. The van der Waals surface area contributed by atoms with Crippen molar-refractivity contribution < 1.29 is 9.53 Å². The number of H-pyrrole nitrogens is 1. The second-order valence-corrected chi connectivity index (χ2v) is 7.74. The average Bonchev–Trinajstić information content (AvgIpc) is 2.77. The van der Waals surface area contributed by atoms with Crippen LogP contribution in [0, 0.1) is 0 Å². The molecule has 0 bridgehead atoms. The molecular formula is C23H25N3O4. The van der Waals surface area contributed by atoms with Crippen LogP contribution in [0.25, 0.3) is 10.9 Å². The van der Waals surface area contributed by atoms with Gasteiger partial charge >= 0.3 is 5.69 Å². The van der Waals surface area contributed by atoms with Gasteiger partial charge in [0.1, 0.15) is 5.75 Å². The maximum atomic E-state index is 12.9. The number of rotatable bonds is 5. The molecule has 0 aliphatic heterocycles. The molecule has 1 aromatic heterocycles. The van der Waals surface area contributed by atoms with Gasteiger partial charge in [0.05, 0.1) is 24.6 Å². The van der Waals surface area contributed by atoms with Crippen LogP contribution < -0.4 is 21.3 Å². The van der Waals surface area contributed by atoms with Crippen LogP contribution in [-0.2, 0) is 6.54 Å². The van der Waals surface area contributed by atoms with E-state index >= 15 is 0 Å². The molecule has 3 aromatic rings. The zero-order valence-electron chi connectivity index (χ0n) is 16.9. The molecule has 1 aliphatic rings. The van der Waals surface area contributed by atoms with E-state index in [1.54, 1.807) is 37.4 Å². The molecule has 1 fully saturated rings. The van der Waals surface area contributed by atoms with E-state index in [1.165, 1.54) is 6.42 Å². The fraction of sp³-hybridized carbons (Fsp3) is 0.348. The second kappa shape index (κ2) is 8.57. The first-order chi connectivity index (χ1) is 14.5. The number of aromatic amines is 1. The normalized spacial score (nSPS) is 14.6. The Labute approximate surface area is 173 Å². The first-order valence-corrected chi connectivity index (χ1v) is 10.3. The number of aromatic nitrogens is 2. The highest BCUT2D eigenvalue weighted by molar-refractivity contribution is 5.97. The Bertz CT molecular complexity index is 1170. The molecule has 7 heteroatoms. The zero-order chi connectivity index (χ0) is 21.1. The summed E-state index contributed by atoms with van der Waals surface area (Å²) in [7, 11) is 1.58. The number of benzene rings is 2. The minimum absolute atomic E-state index is 0.151. The van der Waals surface area contributed by atoms with Crippen molar-refractivity contribution in [3.63, 3.8) is 0 Å². The topological polar surface area (TPSA) is 93.2 Å². The second-order valence-electron chi connectivity index (χ2n) is 7.74. The van der Waals surface area contributed by atoms with Crippen molar-refractivity contribution in [3.8, 4) is 5.75 Å². The number of ether oxygens (including phenoxy) is 1. The van der Waals surface area contributed by atoms with E-state index in [2.05, 4.69) is 10.3 Å². The minimum atomic E-state index is -0.506. The maximum Gasteiger partial charge on any atom is 0.329 e. The van der Waals surface area contributed by atoms with Crippen molar-refractivity contribution >= 4 is 16.8 Å². The molecule has 1 heterocycles. The Morgan fingerprint density at radius 3 is 2.53 bits per heavy atom. The van der Waals surface area contributed by atoms with Crippen LogP contribution in [0.3, 0.4) is 0 Å². The molecule has 1 aliphatic carbocycles. The lowest BCUT2D eigenvalue weighted by Gasteiger charge is -2.22. The predicted octanol–water partition coefficient (Wildman–Crippen LogP) is 2.81. The fourth-order valence-corrected chi connectivity index (χ4v) is 3.97. The number of hydrogen-bond acceptors (Lipinski definition) is 4. The molecule has 1 saturated carbocycles. The van der Waals surface area contributed by atoms with Crippen LogP contribution in [0.5, 0.6) is 5.75 Å². The summed E-state index contributed by atoms with van der Waals surface area (Å²) < 4.78 is 6.29. The smallest absolute Gasteiger partial charge is 0.329 e. The monoisotopic (exact) mass is 407 g/mol. The van der Waals surface area contributed by atoms with Gasteiger partial charge in [0.15, 0.2) is 0 Å². The van der Waals surface area contributed by atoms with Crippen molar-refractivity contribution in [3.05, 3.63) is 74.4 Å². The van der Waals surface area contributed by atoms with E-state index in [0.29, 0.717) is 22.2 Å². The highest BCUT2D eigenvalue weighted by atomic mass is 16.5. The van der Waals surface area contributed by atoms with Gasteiger partial charge in [-0.15, -0.1) is 0 Å². The molecule has 1 amide bonds. The number of nitrogens with one attached hydrogen (secondary N) is 2. The number of amides is 1. The molecule has 0 spiro atoms. The van der Waals surface area contributed by atoms with Crippen LogP contribution in [0.1, 0.15) is 48.0 Å². The number of methoxy groups -OCH3 is 1. The minimum Gasteiger partial charge on any atom is -0.497 e. The van der Waals surface area contributed by atoms with E-state index in [9.17, 15) is 14.4 Å². The van der Waals surface area contributed by atoms with Crippen LogP contribution in [0.2, 0.25) is 0 Å². The summed E-state index contributed by atoms with van der Waals surface area (Å²) in [5, 5.41) is 3.43. The largest absolute Gasteiger partial charge is 0.497 e. The summed E-state index contributed by atoms with van der Waals surface area (Å²) in [5.41, 5.74) is 0.728. The molecule has 156 valence electrons. The predicted molar refractivity (Wildman–Crippen MR) is 115 cm³/mol. The van der Waals surface area contributed by atoms with Gasteiger partial charge in [0.25, 0.3) is 11.5 Å². The van der Waals surface area contributed by atoms with E-state index in [4.69, 9.17) is 4.74 Å². The summed E-state index contributed by atoms with van der Waals surface area (Å²) in [4.78, 5) is 40.8. The van der Waals surface area contributed by atoms with Crippen molar-refractivity contribution in [1.29, 1.82) is 0 Å². The molecule has 2 N–H and O–H groups in total. The Balaban J connectivity index is 1.60. The van der Waals surface area contributed by atoms with Crippen molar-refractivity contribution in [1.82, 2.24) is 14.9 Å². The van der Waals surface area contributed by atoms with Gasteiger partial charge in [0.2, 0.25) is 0 Å². The van der Waals surface area contributed by atoms with Crippen molar-refractivity contribution in [2.45, 2.75) is 44.7 Å². The van der Waals surface area contributed by atoms with Gasteiger partial charge in [-0.2, -0.15) is 0 Å². The third-order valence-electron chi connectivity index (χ3n) is 5.68. The molecular weight excluding hydrogens is 382 g/mol. The van der Waals surface area contributed by atoms with E-state index < -0.39 is 5.69 Å². The third kappa shape index (κ3) is 4.15. The number of carbonyl (C=O) groups excluding carboxylic acids is 1. The molecule has 2 aromatic carbocycles.